The second-order valence-electron chi connectivity index (χ2n) is 3.59. The van der Waals surface area contributed by atoms with Gasteiger partial charge in [0.2, 0.25) is 0 Å². The second kappa shape index (κ2) is 3.22. The first kappa shape index (κ1) is 7.72. The molecule has 1 aliphatic carbocycles. The van der Waals surface area contributed by atoms with Gasteiger partial charge in [-0.25, -0.2) is 0 Å². The maximum absolute atomic E-state index is 11.1. The zero-order valence-corrected chi connectivity index (χ0v) is 7.53. The van der Waals surface area contributed by atoms with Gasteiger partial charge in [0, 0.05) is 18.1 Å². The Bertz CT molecular complexity index is 167. The van der Waals surface area contributed by atoms with Crippen LogP contribution >= 0.6 is 11.8 Å². The number of carbonyl (C=O) groups is 1. The van der Waals surface area contributed by atoms with Crippen LogP contribution in [0.5, 0.6) is 0 Å². The van der Waals surface area contributed by atoms with Gasteiger partial charge in [0.05, 0.1) is 0 Å². The number of ketones is 1. The SMILES string of the molecule is O=C1CCCC(SC2BC2)C1. The first-order valence-electron chi connectivity index (χ1n) is 4.52. The minimum Gasteiger partial charge on any atom is -0.300 e. The van der Waals surface area contributed by atoms with Gasteiger partial charge in [-0.15, -0.1) is 0 Å². The molecular formula is C8H13BOS. The van der Waals surface area contributed by atoms with Crippen molar-refractivity contribution in [2.24, 2.45) is 0 Å². The highest BCUT2D eigenvalue weighted by molar-refractivity contribution is 8.02. The molecule has 0 spiro atoms. The zero-order chi connectivity index (χ0) is 7.68. The molecule has 0 aromatic heterocycles. The third-order valence-corrected chi connectivity index (χ3v) is 3.99. The van der Waals surface area contributed by atoms with Gasteiger partial charge in [0.25, 0.3) is 0 Å². The van der Waals surface area contributed by atoms with Crippen molar-refractivity contribution in [2.45, 2.75) is 42.4 Å². The Kier molecular flexibility index (Phi) is 2.26. The Morgan fingerprint density at radius 1 is 1.55 bits per heavy atom. The van der Waals surface area contributed by atoms with Crippen LogP contribution in [0.4, 0.5) is 0 Å². The summed E-state index contributed by atoms with van der Waals surface area (Å²) in [6, 6.07) is 0. The highest BCUT2D eigenvalue weighted by Crippen LogP contribution is 2.36. The summed E-state index contributed by atoms with van der Waals surface area (Å²) >= 11 is 2.07. The van der Waals surface area contributed by atoms with Crippen LogP contribution in [0.25, 0.3) is 0 Å². The van der Waals surface area contributed by atoms with Gasteiger partial charge < -0.3 is 0 Å². The molecule has 2 fully saturated rings. The minimum atomic E-state index is 0.495. The fourth-order valence-corrected chi connectivity index (χ4v) is 3.11. The van der Waals surface area contributed by atoms with Gasteiger partial charge in [-0.1, -0.05) is 6.32 Å². The average molecular weight is 168 g/mol. The van der Waals surface area contributed by atoms with Crippen molar-refractivity contribution in [3.05, 3.63) is 0 Å². The molecule has 1 aliphatic heterocycles. The van der Waals surface area contributed by atoms with E-state index < -0.39 is 0 Å². The van der Waals surface area contributed by atoms with E-state index in [4.69, 9.17) is 0 Å². The van der Waals surface area contributed by atoms with E-state index in [0.717, 1.165) is 24.4 Å². The summed E-state index contributed by atoms with van der Waals surface area (Å²) < 4.78 is 0. The van der Waals surface area contributed by atoms with Crippen LogP contribution in [0, 0.1) is 0 Å². The molecule has 0 radical (unpaired) electrons. The molecule has 1 saturated carbocycles. The van der Waals surface area contributed by atoms with Crippen LogP contribution < -0.4 is 0 Å². The van der Waals surface area contributed by atoms with E-state index >= 15 is 0 Å². The Balaban J connectivity index is 1.77. The molecule has 60 valence electrons. The summed E-state index contributed by atoms with van der Waals surface area (Å²) in [7, 11) is 1.40. The number of hydrogen-bond acceptors (Lipinski definition) is 2. The predicted octanol–water partition coefficient (Wildman–Crippen LogP) is 1.43. The standard InChI is InChI=1S/C8H13BOS/c10-6-2-1-3-7(4-6)11-8-5-9-8/h7-9H,1-5H2. The molecule has 0 amide bonds. The van der Waals surface area contributed by atoms with E-state index in [-0.39, 0.29) is 0 Å². The van der Waals surface area contributed by atoms with Gasteiger partial charge in [-0.2, -0.15) is 11.8 Å². The lowest BCUT2D eigenvalue weighted by Crippen LogP contribution is -2.17. The van der Waals surface area contributed by atoms with Crippen molar-refractivity contribution >= 4 is 24.8 Å². The van der Waals surface area contributed by atoms with E-state index in [1.54, 1.807) is 0 Å². The number of hydrogen-bond donors (Lipinski definition) is 0. The van der Waals surface area contributed by atoms with Crippen LogP contribution in [0.2, 0.25) is 6.32 Å². The molecule has 0 aromatic rings. The van der Waals surface area contributed by atoms with Crippen molar-refractivity contribution in [1.29, 1.82) is 0 Å². The van der Waals surface area contributed by atoms with Crippen LogP contribution in [-0.2, 0) is 4.79 Å². The van der Waals surface area contributed by atoms with Crippen molar-refractivity contribution in [3.8, 4) is 0 Å². The normalized spacial score (nSPS) is 36.5. The summed E-state index contributed by atoms with van der Waals surface area (Å²) in [5.41, 5.74) is 0. The van der Waals surface area contributed by atoms with Crippen molar-refractivity contribution in [3.63, 3.8) is 0 Å². The van der Waals surface area contributed by atoms with Crippen LogP contribution in [0.1, 0.15) is 25.7 Å². The fourth-order valence-electron chi connectivity index (χ4n) is 1.58. The predicted molar refractivity (Wildman–Crippen MR) is 50.6 cm³/mol. The van der Waals surface area contributed by atoms with Gasteiger partial charge in [-0.3, -0.25) is 4.79 Å². The molecule has 0 bridgehead atoms. The molecule has 0 aromatic carbocycles. The lowest BCUT2D eigenvalue weighted by molar-refractivity contribution is -0.120. The van der Waals surface area contributed by atoms with Crippen LogP contribution in [0.3, 0.4) is 0 Å². The van der Waals surface area contributed by atoms with Crippen LogP contribution in [0.15, 0.2) is 0 Å². The topological polar surface area (TPSA) is 17.1 Å². The largest absolute Gasteiger partial charge is 0.300 e. The molecule has 0 N–H and O–H groups in total. The lowest BCUT2D eigenvalue weighted by atomic mass is 9.99. The van der Waals surface area contributed by atoms with Crippen molar-refractivity contribution in [1.82, 2.24) is 0 Å². The first-order valence-corrected chi connectivity index (χ1v) is 5.46. The molecular weight excluding hydrogens is 155 g/mol. The molecule has 2 aliphatic rings. The average Bonchev–Trinajstić information content (AvgIpc) is 2.71. The molecule has 2 rings (SSSR count). The molecule has 1 heterocycles. The van der Waals surface area contributed by atoms with Gasteiger partial charge >= 0.3 is 0 Å². The minimum absolute atomic E-state index is 0.495. The summed E-state index contributed by atoms with van der Waals surface area (Å²) in [6.45, 7) is 0. The number of rotatable bonds is 2. The number of carbonyl (C=O) groups excluding carboxylic acids is 1. The second-order valence-corrected chi connectivity index (χ2v) is 5.20. The first-order chi connectivity index (χ1) is 5.34. The molecule has 11 heavy (non-hydrogen) atoms. The van der Waals surface area contributed by atoms with Gasteiger partial charge in [0.15, 0.2) is 0 Å². The fraction of sp³-hybridized carbons (Fsp3) is 0.875. The maximum Gasteiger partial charge on any atom is 0.136 e. The van der Waals surface area contributed by atoms with E-state index in [1.807, 2.05) is 0 Å². The zero-order valence-electron chi connectivity index (χ0n) is 6.71. The maximum atomic E-state index is 11.1. The summed E-state index contributed by atoms with van der Waals surface area (Å²) in [4.78, 5) is 11.1. The van der Waals surface area contributed by atoms with Gasteiger partial charge in [0.1, 0.15) is 13.1 Å². The van der Waals surface area contributed by atoms with E-state index in [0.29, 0.717) is 11.0 Å². The van der Waals surface area contributed by atoms with Crippen molar-refractivity contribution < 1.29 is 4.79 Å². The van der Waals surface area contributed by atoms with Crippen molar-refractivity contribution in [2.75, 3.05) is 0 Å². The van der Waals surface area contributed by atoms with Crippen LogP contribution in [-0.4, -0.2) is 23.5 Å². The summed E-state index contributed by atoms with van der Waals surface area (Å²) in [6.07, 6.45) is 5.54. The summed E-state index contributed by atoms with van der Waals surface area (Å²) in [5.74, 6) is 0.495. The van der Waals surface area contributed by atoms with E-state index in [2.05, 4.69) is 11.8 Å². The monoisotopic (exact) mass is 168 g/mol. The highest BCUT2D eigenvalue weighted by atomic mass is 32.2. The smallest absolute Gasteiger partial charge is 0.136 e. The molecule has 1 nitrogen and oxygen atoms in total. The Labute approximate surface area is 72.6 Å². The van der Waals surface area contributed by atoms with Gasteiger partial charge in [-0.05, 0) is 18.0 Å². The third kappa shape index (κ3) is 2.26. The quantitative estimate of drug-likeness (QED) is 0.580. The molecule has 2 unspecified atom stereocenters. The van der Waals surface area contributed by atoms with E-state index in [9.17, 15) is 4.79 Å². The molecule has 3 heteroatoms. The Hall–Kier alpha value is 0.0849. The highest BCUT2D eigenvalue weighted by Gasteiger charge is 2.29. The molecule has 1 saturated heterocycles. The van der Waals surface area contributed by atoms with E-state index in [1.165, 1.54) is 20.0 Å². The Morgan fingerprint density at radius 3 is 3.00 bits per heavy atom. The third-order valence-electron chi connectivity index (χ3n) is 2.35. The lowest BCUT2D eigenvalue weighted by Gasteiger charge is -2.19. The Morgan fingerprint density at radius 2 is 2.36 bits per heavy atom. The number of Topliss-reactive ketones (excluding diaryl/α,β-unsaturated/α-hetero) is 1. The summed E-state index contributed by atoms with van der Waals surface area (Å²) in [5, 5.41) is 1.61. The molecule has 2 atom stereocenters. The number of thioether (sulfide) groups is 1.